The van der Waals surface area contributed by atoms with Gasteiger partial charge in [-0.25, -0.2) is 12.8 Å². The lowest BCUT2D eigenvalue weighted by atomic mass is 10.2. The van der Waals surface area contributed by atoms with Gasteiger partial charge in [-0.15, -0.1) is 0 Å². The Kier molecular flexibility index (Phi) is 3.56. The maximum absolute atomic E-state index is 13.5. The Morgan fingerprint density at radius 2 is 1.68 bits per heavy atom. The summed E-state index contributed by atoms with van der Waals surface area (Å²) in [4.78, 5) is -0.540. The summed E-state index contributed by atoms with van der Waals surface area (Å²) in [6.07, 6.45) is 0. The molecule has 0 spiro atoms. The minimum absolute atomic E-state index is 0.0238. The van der Waals surface area contributed by atoms with E-state index in [1.807, 2.05) is 0 Å². The van der Waals surface area contributed by atoms with E-state index in [-0.39, 0.29) is 14.8 Å². The van der Waals surface area contributed by atoms with Crippen molar-refractivity contribution in [1.82, 2.24) is 0 Å². The van der Waals surface area contributed by atoms with Crippen molar-refractivity contribution in [1.29, 1.82) is 5.26 Å². The first-order valence-electron chi connectivity index (χ1n) is 5.16. The van der Waals surface area contributed by atoms with Crippen LogP contribution in [0.4, 0.5) is 4.39 Å². The molecule has 0 aromatic heterocycles. The highest BCUT2D eigenvalue weighted by Gasteiger charge is 2.25. The maximum Gasteiger partial charge on any atom is 0.209 e. The smallest absolute Gasteiger partial charge is 0.209 e. The minimum atomic E-state index is -4.03. The van der Waals surface area contributed by atoms with E-state index in [2.05, 4.69) is 0 Å². The Labute approximate surface area is 114 Å². The van der Waals surface area contributed by atoms with Crippen molar-refractivity contribution in [3.05, 3.63) is 58.9 Å². The summed E-state index contributed by atoms with van der Waals surface area (Å²) in [6.45, 7) is 0. The fourth-order valence-electron chi connectivity index (χ4n) is 1.62. The first-order chi connectivity index (χ1) is 8.98. The van der Waals surface area contributed by atoms with Gasteiger partial charge in [0.15, 0.2) is 0 Å². The van der Waals surface area contributed by atoms with E-state index in [0.29, 0.717) is 0 Å². The summed E-state index contributed by atoms with van der Waals surface area (Å²) >= 11 is 5.84. The Hall–Kier alpha value is -1.90. The molecule has 0 aliphatic carbocycles. The third-order valence-corrected chi connectivity index (χ3v) is 4.80. The van der Waals surface area contributed by atoms with E-state index in [1.165, 1.54) is 30.3 Å². The average molecular weight is 296 g/mol. The van der Waals surface area contributed by atoms with Gasteiger partial charge in [0.1, 0.15) is 17.4 Å². The van der Waals surface area contributed by atoms with Crippen LogP contribution in [0.3, 0.4) is 0 Å². The number of nitrogens with zero attached hydrogens (tertiary/aromatic N) is 1. The van der Waals surface area contributed by atoms with Crippen LogP contribution in [-0.2, 0) is 9.84 Å². The van der Waals surface area contributed by atoms with E-state index in [9.17, 15) is 12.8 Å². The van der Waals surface area contributed by atoms with Gasteiger partial charge in [-0.3, -0.25) is 0 Å². The van der Waals surface area contributed by atoms with Crippen LogP contribution in [0.25, 0.3) is 0 Å². The predicted molar refractivity (Wildman–Crippen MR) is 68.0 cm³/mol. The number of benzene rings is 2. The predicted octanol–water partition coefficient (Wildman–Crippen LogP) is 3.18. The molecule has 0 unspecified atom stereocenters. The normalized spacial score (nSPS) is 11.0. The monoisotopic (exact) mass is 295 g/mol. The van der Waals surface area contributed by atoms with Crippen molar-refractivity contribution in [2.45, 2.75) is 9.79 Å². The SMILES string of the molecule is N#Cc1c(F)cccc1S(=O)(=O)c1ccccc1Cl. The number of rotatable bonds is 2. The highest BCUT2D eigenvalue weighted by molar-refractivity contribution is 7.91. The van der Waals surface area contributed by atoms with Crippen LogP contribution < -0.4 is 0 Å². The molecule has 2 aromatic carbocycles. The zero-order valence-corrected chi connectivity index (χ0v) is 11.0. The quantitative estimate of drug-likeness (QED) is 0.855. The van der Waals surface area contributed by atoms with Gasteiger partial charge in [0, 0.05) is 0 Å². The molecule has 0 bridgehead atoms. The maximum atomic E-state index is 13.5. The van der Waals surface area contributed by atoms with Crippen molar-refractivity contribution < 1.29 is 12.8 Å². The van der Waals surface area contributed by atoms with Gasteiger partial charge < -0.3 is 0 Å². The van der Waals surface area contributed by atoms with E-state index in [4.69, 9.17) is 16.9 Å². The third kappa shape index (κ3) is 2.33. The summed E-state index contributed by atoms with van der Waals surface area (Å²) in [5.74, 6) is -0.879. The van der Waals surface area contributed by atoms with Gasteiger partial charge in [-0.1, -0.05) is 29.8 Å². The molecule has 0 saturated carbocycles. The highest BCUT2D eigenvalue weighted by Crippen LogP contribution is 2.29. The van der Waals surface area contributed by atoms with Crippen LogP contribution in [0.1, 0.15) is 5.56 Å². The lowest BCUT2D eigenvalue weighted by Crippen LogP contribution is -2.06. The van der Waals surface area contributed by atoms with Crippen LogP contribution in [0.2, 0.25) is 5.02 Å². The van der Waals surface area contributed by atoms with Crippen molar-refractivity contribution in [3.63, 3.8) is 0 Å². The largest absolute Gasteiger partial charge is 0.218 e. The second kappa shape index (κ2) is 5.00. The number of hydrogen-bond acceptors (Lipinski definition) is 3. The van der Waals surface area contributed by atoms with E-state index in [0.717, 1.165) is 6.07 Å². The Morgan fingerprint density at radius 3 is 2.32 bits per heavy atom. The van der Waals surface area contributed by atoms with Crippen LogP contribution in [-0.4, -0.2) is 8.42 Å². The van der Waals surface area contributed by atoms with Gasteiger partial charge >= 0.3 is 0 Å². The van der Waals surface area contributed by atoms with Gasteiger partial charge in [0.2, 0.25) is 9.84 Å². The summed E-state index contributed by atoms with van der Waals surface area (Å²) in [5, 5.41) is 8.92. The molecular weight excluding hydrogens is 289 g/mol. The molecule has 2 rings (SSSR count). The van der Waals surface area contributed by atoms with Crippen LogP contribution in [0, 0.1) is 17.1 Å². The zero-order chi connectivity index (χ0) is 14.0. The first kappa shape index (κ1) is 13.5. The summed E-state index contributed by atoms with van der Waals surface area (Å²) in [6, 6.07) is 10.8. The van der Waals surface area contributed by atoms with Crippen molar-refractivity contribution in [2.24, 2.45) is 0 Å². The molecule has 0 heterocycles. The van der Waals surface area contributed by atoms with Crippen LogP contribution in [0.15, 0.2) is 52.3 Å². The van der Waals surface area contributed by atoms with Crippen molar-refractivity contribution >= 4 is 21.4 Å². The number of halogens is 2. The molecule has 0 aliphatic rings. The molecule has 0 N–H and O–H groups in total. The van der Waals surface area contributed by atoms with Gasteiger partial charge in [0.25, 0.3) is 0 Å². The van der Waals surface area contributed by atoms with Gasteiger partial charge in [0.05, 0.1) is 14.8 Å². The second-order valence-corrected chi connectivity index (χ2v) is 5.95. The van der Waals surface area contributed by atoms with Gasteiger partial charge in [-0.2, -0.15) is 5.26 Å². The van der Waals surface area contributed by atoms with Gasteiger partial charge in [-0.05, 0) is 24.3 Å². The molecule has 96 valence electrons. The number of hydrogen-bond donors (Lipinski definition) is 0. The van der Waals surface area contributed by atoms with E-state index >= 15 is 0 Å². The fourth-order valence-corrected chi connectivity index (χ4v) is 3.55. The molecule has 0 radical (unpaired) electrons. The lowest BCUT2D eigenvalue weighted by Gasteiger charge is -2.08. The molecule has 3 nitrogen and oxygen atoms in total. The Morgan fingerprint density at radius 1 is 1.05 bits per heavy atom. The molecule has 0 fully saturated rings. The van der Waals surface area contributed by atoms with Crippen molar-refractivity contribution in [2.75, 3.05) is 0 Å². The molecule has 19 heavy (non-hydrogen) atoms. The number of sulfone groups is 1. The van der Waals surface area contributed by atoms with Crippen molar-refractivity contribution in [3.8, 4) is 6.07 Å². The standard InChI is InChI=1S/C13H7ClFNO2S/c14-10-4-1-2-6-13(10)19(17,18)12-7-3-5-11(15)9(12)8-16/h1-7H. The molecule has 6 heteroatoms. The molecule has 0 amide bonds. The average Bonchev–Trinajstić information content (AvgIpc) is 2.38. The van der Waals surface area contributed by atoms with E-state index in [1.54, 1.807) is 12.1 Å². The summed E-state index contributed by atoms with van der Waals surface area (Å²) in [7, 11) is -4.03. The fraction of sp³-hybridized carbons (Fsp3) is 0. The summed E-state index contributed by atoms with van der Waals surface area (Å²) < 4.78 is 38.2. The third-order valence-electron chi connectivity index (χ3n) is 2.50. The second-order valence-electron chi connectivity index (χ2n) is 3.66. The van der Waals surface area contributed by atoms with Crippen LogP contribution >= 0.6 is 11.6 Å². The first-order valence-corrected chi connectivity index (χ1v) is 7.03. The Balaban J connectivity index is 2.76. The van der Waals surface area contributed by atoms with Crippen LogP contribution in [0.5, 0.6) is 0 Å². The zero-order valence-electron chi connectivity index (χ0n) is 9.47. The molecular formula is C13H7ClFNO2S. The lowest BCUT2D eigenvalue weighted by molar-refractivity contribution is 0.589. The minimum Gasteiger partial charge on any atom is -0.218 e. The Bertz CT molecular complexity index is 781. The molecule has 2 aromatic rings. The number of nitriles is 1. The molecule has 0 aliphatic heterocycles. The molecule has 0 atom stereocenters. The summed E-state index contributed by atoms with van der Waals surface area (Å²) in [5.41, 5.74) is -0.512. The molecule has 0 saturated heterocycles. The topological polar surface area (TPSA) is 57.9 Å². The highest BCUT2D eigenvalue weighted by atomic mass is 35.5. The van der Waals surface area contributed by atoms with E-state index < -0.39 is 21.2 Å².